The standard InChI is InChI=1S/C14H22O2/c1-4-6-15-7-5-14-11-8-10(13(11,2)3)9-12(14)16-14/h4,6,10-12H,5,7-9H2,1-3H3. The minimum atomic E-state index is 0.194. The van der Waals surface area contributed by atoms with E-state index in [-0.39, 0.29) is 5.60 Å². The summed E-state index contributed by atoms with van der Waals surface area (Å²) in [7, 11) is 0. The van der Waals surface area contributed by atoms with Gasteiger partial charge in [0.15, 0.2) is 0 Å². The molecule has 2 heteroatoms. The number of ether oxygens (including phenoxy) is 2. The highest BCUT2D eigenvalue weighted by atomic mass is 16.6. The van der Waals surface area contributed by atoms with Gasteiger partial charge in [-0.1, -0.05) is 19.9 Å². The van der Waals surface area contributed by atoms with Crippen LogP contribution in [0.1, 0.15) is 40.0 Å². The van der Waals surface area contributed by atoms with Gasteiger partial charge in [0.05, 0.1) is 19.0 Å². The van der Waals surface area contributed by atoms with Crippen molar-refractivity contribution in [1.29, 1.82) is 0 Å². The quantitative estimate of drug-likeness (QED) is 0.414. The van der Waals surface area contributed by atoms with E-state index in [1.165, 1.54) is 12.8 Å². The predicted molar refractivity (Wildman–Crippen MR) is 63.0 cm³/mol. The molecular weight excluding hydrogens is 200 g/mol. The topological polar surface area (TPSA) is 21.8 Å². The van der Waals surface area contributed by atoms with Crippen LogP contribution in [-0.2, 0) is 9.47 Å². The van der Waals surface area contributed by atoms with Crippen LogP contribution in [0, 0.1) is 17.3 Å². The molecule has 4 rings (SSSR count). The van der Waals surface area contributed by atoms with Crippen LogP contribution in [0.5, 0.6) is 0 Å². The van der Waals surface area contributed by atoms with E-state index in [1.807, 2.05) is 13.0 Å². The lowest BCUT2D eigenvalue weighted by Crippen LogP contribution is -2.57. The molecule has 0 spiro atoms. The van der Waals surface area contributed by atoms with Crippen LogP contribution < -0.4 is 0 Å². The number of hydrogen-bond donors (Lipinski definition) is 0. The zero-order chi connectivity index (χ0) is 11.4. The summed E-state index contributed by atoms with van der Waals surface area (Å²) in [4.78, 5) is 0. The van der Waals surface area contributed by atoms with Gasteiger partial charge >= 0.3 is 0 Å². The summed E-state index contributed by atoms with van der Waals surface area (Å²) in [5.74, 6) is 1.69. The lowest BCUT2D eigenvalue weighted by atomic mass is 9.45. The lowest BCUT2D eigenvalue weighted by Gasteiger charge is -2.58. The fourth-order valence-corrected chi connectivity index (χ4v) is 4.07. The molecule has 4 fully saturated rings. The third-order valence-electron chi connectivity index (χ3n) is 5.25. The van der Waals surface area contributed by atoms with Gasteiger partial charge in [-0.15, -0.1) is 0 Å². The first-order valence-corrected chi connectivity index (χ1v) is 6.52. The van der Waals surface area contributed by atoms with Gasteiger partial charge in [-0.25, -0.2) is 0 Å². The summed E-state index contributed by atoms with van der Waals surface area (Å²) in [6.45, 7) is 7.61. The van der Waals surface area contributed by atoms with E-state index >= 15 is 0 Å². The Balaban J connectivity index is 1.62. The molecule has 16 heavy (non-hydrogen) atoms. The van der Waals surface area contributed by atoms with Crippen molar-refractivity contribution in [3.63, 3.8) is 0 Å². The van der Waals surface area contributed by atoms with E-state index in [9.17, 15) is 0 Å². The fourth-order valence-electron chi connectivity index (χ4n) is 4.07. The predicted octanol–water partition coefficient (Wildman–Crippen LogP) is 3.13. The second-order valence-corrected chi connectivity index (χ2v) is 6.19. The van der Waals surface area contributed by atoms with Gasteiger partial charge in [0.2, 0.25) is 0 Å². The number of hydrogen-bond acceptors (Lipinski definition) is 2. The minimum Gasteiger partial charge on any atom is -0.501 e. The second-order valence-electron chi connectivity index (χ2n) is 6.19. The number of rotatable bonds is 4. The van der Waals surface area contributed by atoms with E-state index in [2.05, 4.69) is 13.8 Å². The van der Waals surface area contributed by atoms with Crippen molar-refractivity contribution in [2.45, 2.75) is 51.7 Å². The summed E-state index contributed by atoms with van der Waals surface area (Å²) in [6.07, 6.45) is 8.01. The van der Waals surface area contributed by atoms with E-state index in [0.717, 1.165) is 24.9 Å². The molecule has 0 aromatic heterocycles. The van der Waals surface area contributed by atoms with Crippen molar-refractivity contribution in [2.24, 2.45) is 17.3 Å². The van der Waals surface area contributed by atoms with Crippen molar-refractivity contribution in [3.8, 4) is 0 Å². The van der Waals surface area contributed by atoms with Crippen LogP contribution in [0.3, 0.4) is 0 Å². The van der Waals surface area contributed by atoms with Crippen LogP contribution in [0.25, 0.3) is 0 Å². The smallest absolute Gasteiger partial charge is 0.101 e. The van der Waals surface area contributed by atoms with Crippen molar-refractivity contribution in [2.75, 3.05) is 6.61 Å². The molecule has 2 bridgehead atoms. The first kappa shape index (κ1) is 10.6. The number of allylic oxidation sites excluding steroid dienone is 1. The molecule has 1 aliphatic heterocycles. The summed E-state index contributed by atoms with van der Waals surface area (Å²) in [5, 5.41) is 0. The second kappa shape index (κ2) is 3.25. The molecule has 0 radical (unpaired) electrons. The average Bonchev–Trinajstić information content (AvgIpc) is 2.98. The zero-order valence-corrected chi connectivity index (χ0v) is 10.5. The van der Waals surface area contributed by atoms with Crippen LogP contribution in [-0.4, -0.2) is 18.3 Å². The first-order chi connectivity index (χ1) is 7.61. The average molecular weight is 222 g/mol. The Hall–Kier alpha value is -0.500. The Morgan fingerprint density at radius 1 is 1.38 bits per heavy atom. The van der Waals surface area contributed by atoms with E-state index < -0.39 is 0 Å². The van der Waals surface area contributed by atoms with E-state index in [1.54, 1.807) is 6.26 Å². The summed E-state index contributed by atoms with van der Waals surface area (Å²) in [6, 6.07) is 0. The van der Waals surface area contributed by atoms with Gasteiger partial charge in [0.25, 0.3) is 0 Å². The minimum absolute atomic E-state index is 0.194. The van der Waals surface area contributed by atoms with Gasteiger partial charge in [0.1, 0.15) is 5.60 Å². The van der Waals surface area contributed by atoms with Gasteiger partial charge in [-0.2, -0.15) is 0 Å². The summed E-state index contributed by atoms with van der Waals surface area (Å²) < 4.78 is 11.5. The molecule has 0 amide bonds. The van der Waals surface area contributed by atoms with Crippen LogP contribution in [0.15, 0.2) is 12.3 Å². The van der Waals surface area contributed by atoms with Crippen LogP contribution in [0.2, 0.25) is 0 Å². The molecular formula is C14H22O2. The highest BCUT2D eigenvalue weighted by Crippen LogP contribution is 2.71. The fraction of sp³-hybridized carbons (Fsp3) is 0.857. The molecule has 2 nitrogen and oxygen atoms in total. The Morgan fingerprint density at radius 3 is 2.88 bits per heavy atom. The highest BCUT2D eigenvalue weighted by Gasteiger charge is 2.74. The molecule has 1 saturated heterocycles. The summed E-state index contributed by atoms with van der Waals surface area (Å²) >= 11 is 0. The molecule has 3 aliphatic carbocycles. The maximum absolute atomic E-state index is 6.03. The zero-order valence-electron chi connectivity index (χ0n) is 10.5. The van der Waals surface area contributed by atoms with Gasteiger partial charge in [0, 0.05) is 6.42 Å². The van der Waals surface area contributed by atoms with E-state index in [0.29, 0.717) is 11.5 Å². The SMILES string of the molecule is CC=COCCC12OC1CC1CC2C1(C)C. The molecule has 1 heterocycles. The van der Waals surface area contributed by atoms with Crippen molar-refractivity contribution >= 4 is 0 Å². The van der Waals surface area contributed by atoms with Gasteiger partial charge < -0.3 is 9.47 Å². The van der Waals surface area contributed by atoms with E-state index in [4.69, 9.17) is 9.47 Å². The molecule has 4 atom stereocenters. The Morgan fingerprint density at radius 2 is 2.19 bits per heavy atom. The van der Waals surface area contributed by atoms with Gasteiger partial charge in [-0.3, -0.25) is 0 Å². The van der Waals surface area contributed by atoms with Crippen molar-refractivity contribution < 1.29 is 9.47 Å². The molecule has 0 aromatic carbocycles. The third-order valence-corrected chi connectivity index (χ3v) is 5.25. The maximum Gasteiger partial charge on any atom is 0.101 e. The molecule has 4 unspecified atom stereocenters. The Kier molecular flexibility index (Phi) is 2.16. The molecule has 0 N–H and O–H groups in total. The van der Waals surface area contributed by atoms with Crippen LogP contribution >= 0.6 is 0 Å². The molecule has 3 saturated carbocycles. The molecule has 4 aliphatic rings. The van der Waals surface area contributed by atoms with Crippen LogP contribution in [0.4, 0.5) is 0 Å². The molecule has 90 valence electrons. The molecule has 0 aromatic rings. The van der Waals surface area contributed by atoms with Crippen molar-refractivity contribution in [1.82, 2.24) is 0 Å². The Bertz CT molecular complexity index is 321. The maximum atomic E-state index is 6.03. The monoisotopic (exact) mass is 222 g/mol. The van der Waals surface area contributed by atoms with Crippen molar-refractivity contribution in [3.05, 3.63) is 12.3 Å². The number of epoxide rings is 1. The Labute approximate surface area is 98.0 Å². The highest BCUT2D eigenvalue weighted by molar-refractivity contribution is 5.22. The first-order valence-electron chi connectivity index (χ1n) is 6.52. The van der Waals surface area contributed by atoms with Gasteiger partial charge in [-0.05, 0) is 37.0 Å². The lowest BCUT2D eigenvalue weighted by molar-refractivity contribution is -0.0896. The normalized spacial score (nSPS) is 47.3. The third kappa shape index (κ3) is 1.22. The largest absolute Gasteiger partial charge is 0.501 e. The summed E-state index contributed by atoms with van der Waals surface area (Å²) in [5.41, 5.74) is 0.702.